The van der Waals surface area contributed by atoms with E-state index in [0.29, 0.717) is 12.5 Å². The zero-order valence-corrected chi connectivity index (χ0v) is 11.0. The van der Waals surface area contributed by atoms with Gasteiger partial charge in [0.1, 0.15) is 0 Å². The van der Waals surface area contributed by atoms with Crippen molar-refractivity contribution in [2.24, 2.45) is 5.92 Å². The van der Waals surface area contributed by atoms with E-state index < -0.39 is 10.0 Å². The molecule has 1 saturated heterocycles. The van der Waals surface area contributed by atoms with Crippen molar-refractivity contribution >= 4 is 10.0 Å². The largest absolute Gasteiger partial charge is 0.260 e. The lowest BCUT2D eigenvalue weighted by Gasteiger charge is -2.35. The van der Waals surface area contributed by atoms with Gasteiger partial charge in [-0.3, -0.25) is 0 Å². The minimum atomic E-state index is -3.41. The molecule has 0 saturated carbocycles. The van der Waals surface area contributed by atoms with Crippen LogP contribution < -0.4 is 0 Å². The number of hydrogen-bond acceptors (Lipinski definition) is 3. The quantitative estimate of drug-likeness (QED) is 0.810. The van der Waals surface area contributed by atoms with Gasteiger partial charge >= 0.3 is 0 Å². The molecule has 0 spiro atoms. The molecular formula is C12H18N2O2S. The molecular weight excluding hydrogens is 236 g/mol. The lowest BCUT2D eigenvalue weighted by molar-refractivity contribution is 0.219. The molecule has 0 bridgehead atoms. The van der Waals surface area contributed by atoms with Gasteiger partial charge in [-0.15, -0.1) is 0 Å². The van der Waals surface area contributed by atoms with Crippen LogP contribution >= 0.6 is 0 Å². The summed E-state index contributed by atoms with van der Waals surface area (Å²) in [6.45, 7) is 4.73. The molecule has 0 aliphatic carbocycles. The zero-order chi connectivity index (χ0) is 12.5. The molecule has 2 atom stereocenters. The lowest BCUT2D eigenvalue weighted by atomic mass is 9.95. The Morgan fingerprint density at radius 3 is 2.71 bits per heavy atom. The highest BCUT2D eigenvalue weighted by Gasteiger charge is 2.33. The molecule has 0 radical (unpaired) electrons. The van der Waals surface area contributed by atoms with Crippen LogP contribution in [0.3, 0.4) is 0 Å². The van der Waals surface area contributed by atoms with Crippen molar-refractivity contribution < 1.29 is 8.42 Å². The molecule has 1 aliphatic rings. The Bertz CT molecular complexity index is 473. The van der Waals surface area contributed by atoms with Crippen molar-refractivity contribution in [3.05, 3.63) is 24.4 Å². The maximum absolute atomic E-state index is 12.4. The van der Waals surface area contributed by atoms with Gasteiger partial charge in [0.25, 0.3) is 10.0 Å². The highest BCUT2D eigenvalue weighted by atomic mass is 32.2. The molecule has 0 unspecified atom stereocenters. The van der Waals surface area contributed by atoms with Crippen LogP contribution in [0, 0.1) is 5.92 Å². The molecule has 2 rings (SSSR count). The molecule has 4 nitrogen and oxygen atoms in total. The molecule has 1 aromatic heterocycles. The Morgan fingerprint density at radius 1 is 1.35 bits per heavy atom. The Labute approximate surface area is 103 Å². The van der Waals surface area contributed by atoms with Crippen molar-refractivity contribution in [3.63, 3.8) is 0 Å². The Kier molecular flexibility index (Phi) is 3.49. The fraction of sp³-hybridized carbons (Fsp3) is 0.583. The Hall–Kier alpha value is -0.940. The molecule has 2 heterocycles. The van der Waals surface area contributed by atoms with E-state index in [1.54, 1.807) is 22.5 Å². The number of hydrogen-bond donors (Lipinski definition) is 0. The smallest absolute Gasteiger partial charge is 0.243 e. The maximum Gasteiger partial charge on any atom is 0.260 e. The van der Waals surface area contributed by atoms with Crippen molar-refractivity contribution in [2.75, 3.05) is 6.54 Å². The summed E-state index contributed by atoms with van der Waals surface area (Å²) in [6.07, 6.45) is 3.37. The second-order valence-electron chi connectivity index (χ2n) is 4.76. The van der Waals surface area contributed by atoms with E-state index in [9.17, 15) is 8.42 Å². The molecule has 94 valence electrons. The third-order valence-corrected chi connectivity index (χ3v) is 5.22. The first-order valence-electron chi connectivity index (χ1n) is 5.94. The van der Waals surface area contributed by atoms with Gasteiger partial charge in [-0.1, -0.05) is 13.0 Å². The predicted octanol–water partition coefficient (Wildman–Crippen LogP) is 1.89. The number of piperidine rings is 1. The minimum absolute atomic E-state index is 0.0609. The van der Waals surface area contributed by atoms with Crippen LogP contribution in [0.1, 0.15) is 26.7 Å². The Balaban J connectivity index is 2.28. The highest BCUT2D eigenvalue weighted by Crippen LogP contribution is 2.27. The highest BCUT2D eigenvalue weighted by molar-refractivity contribution is 7.89. The average Bonchev–Trinajstić information content (AvgIpc) is 2.29. The summed E-state index contributed by atoms with van der Waals surface area (Å²) in [4.78, 5) is 3.95. The molecule has 0 aromatic carbocycles. The van der Waals surface area contributed by atoms with Gasteiger partial charge in [0.2, 0.25) is 0 Å². The lowest BCUT2D eigenvalue weighted by Crippen LogP contribution is -2.44. The number of aromatic nitrogens is 1. The van der Waals surface area contributed by atoms with Crippen molar-refractivity contribution in [3.8, 4) is 0 Å². The van der Waals surface area contributed by atoms with Crippen molar-refractivity contribution in [1.29, 1.82) is 0 Å². The van der Waals surface area contributed by atoms with Gasteiger partial charge < -0.3 is 0 Å². The zero-order valence-electron chi connectivity index (χ0n) is 10.2. The van der Waals surface area contributed by atoms with Crippen LogP contribution in [0.2, 0.25) is 0 Å². The SMILES string of the molecule is C[C@@H]1CCN(S(=O)(=O)c2ccccn2)[C@H](C)C1. The normalized spacial score (nSPS) is 26.9. The van der Waals surface area contributed by atoms with E-state index in [0.717, 1.165) is 12.8 Å². The summed E-state index contributed by atoms with van der Waals surface area (Å²) >= 11 is 0. The predicted molar refractivity (Wildman–Crippen MR) is 66.0 cm³/mol. The summed E-state index contributed by atoms with van der Waals surface area (Å²) in [5.74, 6) is 0.597. The first kappa shape index (κ1) is 12.5. The topological polar surface area (TPSA) is 50.3 Å². The van der Waals surface area contributed by atoms with Gasteiger partial charge in [0, 0.05) is 18.8 Å². The number of pyridine rings is 1. The van der Waals surface area contributed by atoms with Crippen molar-refractivity contribution in [1.82, 2.24) is 9.29 Å². The molecule has 5 heteroatoms. The van der Waals surface area contributed by atoms with E-state index in [4.69, 9.17) is 0 Å². The number of rotatable bonds is 2. The first-order chi connectivity index (χ1) is 8.01. The summed E-state index contributed by atoms with van der Waals surface area (Å²) in [5.41, 5.74) is 0. The third kappa shape index (κ3) is 2.50. The first-order valence-corrected chi connectivity index (χ1v) is 7.38. The Morgan fingerprint density at radius 2 is 2.12 bits per heavy atom. The fourth-order valence-electron chi connectivity index (χ4n) is 2.36. The number of nitrogens with zero attached hydrogens (tertiary/aromatic N) is 2. The van der Waals surface area contributed by atoms with Gasteiger partial charge in [0.05, 0.1) is 0 Å². The summed E-state index contributed by atoms with van der Waals surface area (Å²) in [5, 5.41) is 0.154. The van der Waals surface area contributed by atoms with E-state index in [-0.39, 0.29) is 11.1 Å². The minimum Gasteiger partial charge on any atom is -0.243 e. The molecule has 0 amide bonds. The van der Waals surface area contributed by atoms with Crippen LogP contribution in [0.4, 0.5) is 0 Å². The van der Waals surface area contributed by atoms with Crippen LogP contribution in [0.5, 0.6) is 0 Å². The monoisotopic (exact) mass is 254 g/mol. The van der Waals surface area contributed by atoms with E-state index in [2.05, 4.69) is 11.9 Å². The van der Waals surface area contributed by atoms with Gasteiger partial charge in [-0.2, -0.15) is 4.31 Å². The second-order valence-corrected chi connectivity index (χ2v) is 6.60. The molecule has 17 heavy (non-hydrogen) atoms. The number of sulfonamides is 1. The second kappa shape index (κ2) is 4.74. The van der Waals surface area contributed by atoms with Gasteiger partial charge in [-0.05, 0) is 37.8 Å². The maximum atomic E-state index is 12.4. The summed E-state index contributed by atoms with van der Waals surface area (Å²) in [7, 11) is -3.41. The third-order valence-electron chi connectivity index (χ3n) is 3.29. The van der Waals surface area contributed by atoms with E-state index in [1.807, 2.05) is 6.92 Å². The standard InChI is InChI=1S/C12H18N2O2S/c1-10-6-8-14(11(2)9-10)17(15,16)12-5-3-4-7-13-12/h3-5,7,10-11H,6,8-9H2,1-2H3/t10-,11-/m1/s1. The van der Waals surface area contributed by atoms with Crippen LogP contribution in [0.25, 0.3) is 0 Å². The summed E-state index contributed by atoms with van der Waals surface area (Å²) < 4.78 is 26.3. The van der Waals surface area contributed by atoms with Crippen LogP contribution in [-0.4, -0.2) is 30.3 Å². The van der Waals surface area contributed by atoms with Crippen LogP contribution in [-0.2, 0) is 10.0 Å². The average molecular weight is 254 g/mol. The molecule has 1 aliphatic heterocycles. The molecule has 1 aromatic rings. The van der Waals surface area contributed by atoms with Crippen LogP contribution in [0.15, 0.2) is 29.4 Å². The van der Waals surface area contributed by atoms with Crippen molar-refractivity contribution in [2.45, 2.75) is 37.8 Å². The van der Waals surface area contributed by atoms with E-state index in [1.165, 1.54) is 6.20 Å². The van der Waals surface area contributed by atoms with Gasteiger partial charge in [-0.25, -0.2) is 13.4 Å². The molecule has 1 fully saturated rings. The summed E-state index contributed by atoms with van der Waals surface area (Å²) in [6, 6.07) is 5.04. The molecule has 0 N–H and O–H groups in total. The van der Waals surface area contributed by atoms with Gasteiger partial charge in [0.15, 0.2) is 5.03 Å². The van der Waals surface area contributed by atoms with E-state index >= 15 is 0 Å². The fourth-order valence-corrected chi connectivity index (χ4v) is 3.95.